The van der Waals surface area contributed by atoms with Gasteiger partial charge in [0, 0.05) is 17.2 Å². The number of anilines is 1. The fourth-order valence-electron chi connectivity index (χ4n) is 1.71. The first-order valence-corrected chi connectivity index (χ1v) is 5.67. The topological polar surface area (TPSA) is 52.0 Å². The molecule has 0 spiro atoms. The maximum absolute atomic E-state index is 5.51. The van der Waals surface area contributed by atoms with E-state index in [1.165, 1.54) is 18.6 Å². The van der Waals surface area contributed by atoms with Crippen molar-refractivity contribution in [3.63, 3.8) is 0 Å². The van der Waals surface area contributed by atoms with Crippen LogP contribution in [-0.4, -0.2) is 16.7 Å². The second-order valence-corrected chi connectivity index (χ2v) is 4.94. The zero-order valence-corrected chi connectivity index (χ0v) is 8.56. The number of rotatable bonds is 1. The molecule has 0 amide bonds. The van der Waals surface area contributed by atoms with Gasteiger partial charge in [-0.2, -0.15) is 11.8 Å². The molecule has 2 heterocycles. The van der Waals surface area contributed by atoms with Crippen molar-refractivity contribution < 1.29 is 4.52 Å². The lowest BCUT2D eigenvalue weighted by Gasteiger charge is -2.30. The fourth-order valence-corrected chi connectivity index (χ4v) is 2.95. The maximum atomic E-state index is 5.51. The van der Waals surface area contributed by atoms with E-state index in [9.17, 15) is 0 Å². The van der Waals surface area contributed by atoms with E-state index >= 15 is 0 Å². The van der Waals surface area contributed by atoms with E-state index in [1.807, 2.05) is 17.8 Å². The van der Waals surface area contributed by atoms with E-state index in [2.05, 4.69) is 12.1 Å². The van der Waals surface area contributed by atoms with Gasteiger partial charge in [0.05, 0.1) is 5.69 Å². The third kappa shape index (κ3) is 1.68. The predicted molar refractivity (Wildman–Crippen MR) is 54.8 cm³/mol. The normalized spacial score (nSPS) is 29.0. The van der Waals surface area contributed by atoms with E-state index in [4.69, 9.17) is 10.3 Å². The van der Waals surface area contributed by atoms with Gasteiger partial charge in [-0.05, 0) is 18.6 Å². The molecule has 1 unspecified atom stereocenters. The molecule has 1 saturated heterocycles. The summed E-state index contributed by atoms with van der Waals surface area (Å²) >= 11 is 1.98. The van der Waals surface area contributed by atoms with Crippen LogP contribution in [0.25, 0.3) is 0 Å². The molecule has 1 atom stereocenters. The molecule has 1 aliphatic rings. The molecule has 0 saturated carbocycles. The second-order valence-electron chi connectivity index (χ2n) is 3.83. The van der Waals surface area contributed by atoms with Crippen LogP contribution in [0.2, 0.25) is 0 Å². The molecule has 1 aromatic heterocycles. The Balaban J connectivity index is 2.22. The molecular weight excluding hydrogens is 184 g/mol. The quantitative estimate of drug-likeness (QED) is 0.750. The number of hydrogen-bond acceptors (Lipinski definition) is 4. The smallest absolute Gasteiger partial charge is 0.222 e. The lowest BCUT2D eigenvalue weighted by Crippen LogP contribution is -2.29. The SMILES string of the molecule is CC1(c2cc(N)on2)CCCSC1. The Labute approximate surface area is 82.0 Å². The Morgan fingerprint density at radius 2 is 2.54 bits per heavy atom. The van der Waals surface area contributed by atoms with Gasteiger partial charge in [-0.3, -0.25) is 0 Å². The average molecular weight is 198 g/mol. The molecule has 13 heavy (non-hydrogen) atoms. The van der Waals surface area contributed by atoms with Crippen LogP contribution >= 0.6 is 11.8 Å². The number of nitrogen functional groups attached to an aromatic ring is 1. The molecule has 2 rings (SSSR count). The molecule has 3 nitrogen and oxygen atoms in total. The highest BCUT2D eigenvalue weighted by atomic mass is 32.2. The van der Waals surface area contributed by atoms with Crippen molar-refractivity contribution in [3.8, 4) is 0 Å². The second kappa shape index (κ2) is 3.25. The number of thioether (sulfide) groups is 1. The molecule has 0 radical (unpaired) electrons. The van der Waals surface area contributed by atoms with E-state index in [0.717, 1.165) is 11.4 Å². The average Bonchev–Trinajstić information content (AvgIpc) is 2.54. The van der Waals surface area contributed by atoms with Crippen molar-refractivity contribution in [3.05, 3.63) is 11.8 Å². The van der Waals surface area contributed by atoms with Crippen LogP contribution in [0.1, 0.15) is 25.5 Å². The number of hydrogen-bond donors (Lipinski definition) is 1. The van der Waals surface area contributed by atoms with Crippen LogP contribution in [0.5, 0.6) is 0 Å². The molecule has 4 heteroatoms. The summed E-state index contributed by atoms with van der Waals surface area (Å²) in [5.74, 6) is 2.81. The van der Waals surface area contributed by atoms with Gasteiger partial charge >= 0.3 is 0 Å². The number of aromatic nitrogens is 1. The van der Waals surface area contributed by atoms with Gasteiger partial charge in [-0.25, -0.2) is 0 Å². The highest BCUT2D eigenvalue weighted by Gasteiger charge is 2.32. The van der Waals surface area contributed by atoms with Crippen molar-refractivity contribution in [2.75, 3.05) is 17.2 Å². The summed E-state index contributed by atoms with van der Waals surface area (Å²) in [6, 6.07) is 1.85. The zero-order chi connectivity index (χ0) is 9.31. The number of nitrogens with two attached hydrogens (primary N) is 1. The monoisotopic (exact) mass is 198 g/mol. The van der Waals surface area contributed by atoms with Crippen LogP contribution < -0.4 is 5.73 Å². The first kappa shape index (κ1) is 8.94. The first-order chi connectivity index (χ1) is 6.21. The van der Waals surface area contributed by atoms with Gasteiger partial charge in [0.1, 0.15) is 0 Å². The van der Waals surface area contributed by atoms with Gasteiger partial charge < -0.3 is 10.3 Å². The molecule has 0 bridgehead atoms. The molecule has 1 fully saturated rings. The summed E-state index contributed by atoms with van der Waals surface area (Å²) in [5.41, 5.74) is 6.69. The Hall–Kier alpha value is -0.640. The minimum Gasteiger partial charge on any atom is -0.368 e. The van der Waals surface area contributed by atoms with E-state index < -0.39 is 0 Å². The van der Waals surface area contributed by atoms with Gasteiger partial charge in [0.2, 0.25) is 5.88 Å². The van der Waals surface area contributed by atoms with E-state index in [1.54, 1.807) is 0 Å². The van der Waals surface area contributed by atoms with Gasteiger partial charge in [0.25, 0.3) is 0 Å². The van der Waals surface area contributed by atoms with Crippen LogP contribution in [0.4, 0.5) is 5.88 Å². The van der Waals surface area contributed by atoms with Crippen molar-refractivity contribution in [1.82, 2.24) is 5.16 Å². The maximum Gasteiger partial charge on any atom is 0.222 e. The minimum atomic E-state index is 0.171. The Kier molecular flexibility index (Phi) is 2.24. The molecule has 72 valence electrons. The van der Waals surface area contributed by atoms with Gasteiger partial charge in [-0.1, -0.05) is 12.1 Å². The van der Waals surface area contributed by atoms with E-state index in [-0.39, 0.29) is 5.41 Å². The zero-order valence-electron chi connectivity index (χ0n) is 7.75. The van der Waals surface area contributed by atoms with Crippen LogP contribution in [0, 0.1) is 0 Å². The summed E-state index contributed by atoms with van der Waals surface area (Å²) in [4.78, 5) is 0. The highest BCUT2D eigenvalue weighted by Crippen LogP contribution is 2.36. The summed E-state index contributed by atoms with van der Waals surface area (Å²) in [6.45, 7) is 2.23. The molecule has 0 aliphatic carbocycles. The van der Waals surface area contributed by atoms with Crippen molar-refractivity contribution in [1.29, 1.82) is 0 Å². The molecule has 1 aliphatic heterocycles. The van der Waals surface area contributed by atoms with Gasteiger partial charge in [0.15, 0.2) is 0 Å². The minimum absolute atomic E-state index is 0.171. The molecule has 1 aromatic rings. The summed E-state index contributed by atoms with van der Waals surface area (Å²) in [6.07, 6.45) is 2.44. The molecule has 0 aromatic carbocycles. The van der Waals surface area contributed by atoms with Crippen molar-refractivity contribution >= 4 is 17.6 Å². The van der Waals surface area contributed by atoms with Crippen LogP contribution in [0.3, 0.4) is 0 Å². The summed E-state index contributed by atoms with van der Waals surface area (Å²) in [7, 11) is 0. The Bertz CT molecular complexity index is 292. The van der Waals surface area contributed by atoms with Crippen molar-refractivity contribution in [2.45, 2.75) is 25.2 Å². The highest BCUT2D eigenvalue weighted by molar-refractivity contribution is 7.99. The van der Waals surface area contributed by atoms with Crippen LogP contribution in [0.15, 0.2) is 10.6 Å². The fraction of sp³-hybridized carbons (Fsp3) is 0.667. The standard InChI is InChI=1S/C9H14N2OS/c1-9(3-2-4-13-6-9)7-5-8(10)12-11-7/h5H,2-4,6,10H2,1H3. The lowest BCUT2D eigenvalue weighted by atomic mass is 9.84. The Morgan fingerprint density at radius 3 is 3.08 bits per heavy atom. The molecule has 2 N–H and O–H groups in total. The number of nitrogens with zero attached hydrogens (tertiary/aromatic N) is 1. The van der Waals surface area contributed by atoms with Crippen LogP contribution in [-0.2, 0) is 5.41 Å². The first-order valence-electron chi connectivity index (χ1n) is 4.51. The predicted octanol–water partition coefficient (Wildman–Crippen LogP) is 2.04. The van der Waals surface area contributed by atoms with E-state index in [0.29, 0.717) is 5.88 Å². The molecular formula is C9H14N2OS. The third-order valence-corrected chi connectivity index (χ3v) is 4.00. The third-order valence-electron chi connectivity index (χ3n) is 2.58. The largest absolute Gasteiger partial charge is 0.368 e. The van der Waals surface area contributed by atoms with Crippen molar-refractivity contribution in [2.24, 2.45) is 0 Å². The summed E-state index contributed by atoms with van der Waals surface area (Å²) in [5, 5.41) is 4.00. The summed E-state index contributed by atoms with van der Waals surface area (Å²) < 4.78 is 4.90. The Morgan fingerprint density at radius 1 is 1.69 bits per heavy atom. The lowest BCUT2D eigenvalue weighted by molar-refractivity contribution is 0.383. The van der Waals surface area contributed by atoms with Gasteiger partial charge in [-0.15, -0.1) is 0 Å².